The van der Waals surface area contributed by atoms with Crippen molar-refractivity contribution in [2.24, 2.45) is 0 Å². The van der Waals surface area contributed by atoms with Crippen molar-refractivity contribution in [1.29, 1.82) is 0 Å². The molecule has 2 aromatic carbocycles. The SMILES string of the molecule is C=C(C)C(=O)OCCOC(C)Oc1c(Br)cc(C(=O)c2cc(Br)c(OC(C)OCCOC(=O)C(=C)C)c(Br)c2)cc1Br. The van der Waals surface area contributed by atoms with Gasteiger partial charge in [-0.25, -0.2) is 9.59 Å². The van der Waals surface area contributed by atoms with Crippen LogP contribution in [0.3, 0.4) is 0 Å². The van der Waals surface area contributed by atoms with Gasteiger partial charge in [-0.05, 0) is 116 Å². The van der Waals surface area contributed by atoms with Crippen molar-refractivity contribution in [2.75, 3.05) is 26.4 Å². The van der Waals surface area contributed by atoms with Gasteiger partial charge in [0.15, 0.2) is 29.9 Å². The van der Waals surface area contributed by atoms with Crippen LogP contribution in [0.5, 0.6) is 11.5 Å². The molecule has 0 N–H and O–H groups in total. The van der Waals surface area contributed by atoms with Gasteiger partial charge in [0.1, 0.15) is 13.2 Å². The van der Waals surface area contributed by atoms with Gasteiger partial charge in [0.05, 0.1) is 31.1 Å². The monoisotopic (exact) mass is 838 g/mol. The zero-order valence-electron chi connectivity index (χ0n) is 23.4. The molecule has 9 nitrogen and oxygen atoms in total. The molecule has 0 aromatic heterocycles. The summed E-state index contributed by atoms with van der Waals surface area (Å²) in [6.07, 6.45) is -1.33. The molecule has 0 spiro atoms. The van der Waals surface area contributed by atoms with Crippen LogP contribution in [0.2, 0.25) is 0 Å². The molecule has 0 aliphatic rings. The van der Waals surface area contributed by atoms with Crippen LogP contribution in [0.25, 0.3) is 0 Å². The summed E-state index contributed by atoms with van der Waals surface area (Å²) in [4.78, 5) is 36.3. The molecular formula is C29H30Br4O9. The number of carbonyl (C=O) groups is 3. The summed E-state index contributed by atoms with van der Waals surface area (Å²) < 4.78 is 34.9. The van der Waals surface area contributed by atoms with Crippen LogP contribution in [0.1, 0.15) is 43.6 Å². The summed E-state index contributed by atoms with van der Waals surface area (Å²) >= 11 is 13.9. The van der Waals surface area contributed by atoms with Crippen LogP contribution in [0, 0.1) is 0 Å². The van der Waals surface area contributed by atoms with Gasteiger partial charge in [0.25, 0.3) is 0 Å². The first-order valence-electron chi connectivity index (χ1n) is 12.5. The van der Waals surface area contributed by atoms with Crippen LogP contribution >= 0.6 is 63.7 Å². The first-order chi connectivity index (χ1) is 19.7. The predicted octanol–water partition coefficient (Wildman–Crippen LogP) is 7.69. The van der Waals surface area contributed by atoms with Crippen molar-refractivity contribution < 1.29 is 42.8 Å². The van der Waals surface area contributed by atoms with E-state index in [9.17, 15) is 14.4 Å². The molecule has 13 heteroatoms. The van der Waals surface area contributed by atoms with E-state index in [0.717, 1.165) is 0 Å². The van der Waals surface area contributed by atoms with E-state index in [0.29, 0.717) is 51.7 Å². The van der Waals surface area contributed by atoms with Gasteiger partial charge in [-0.3, -0.25) is 4.79 Å². The lowest BCUT2D eigenvalue weighted by Gasteiger charge is -2.19. The Kier molecular flexibility index (Phi) is 14.9. The summed E-state index contributed by atoms with van der Waals surface area (Å²) in [5, 5.41) is 0. The first-order valence-corrected chi connectivity index (χ1v) is 15.6. The van der Waals surface area contributed by atoms with Gasteiger partial charge in [0, 0.05) is 22.3 Å². The van der Waals surface area contributed by atoms with Crippen molar-refractivity contribution in [3.63, 3.8) is 0 Å². The summed E-state index contributed by atoms with van der Waals surface area (Å²) in [7, 11) is 0. The van der Waals surface area contributed by atoms with E-state index in [1.54, 1.807) is 52.0 Å². The number of ether oxygens (including phenoxy) is 6. The first kappa shape index (κ1) is 36.2. The van der Waals surface area contributed by atoms with Gasteiger partial charge < -0.3 is 28.4 Å². The summed E-state index contributed by atoms with van der Waals surface area (Å²) in [5.74, 6) is -0.347. The van der Waals surface area contributed by atoms with Crippen molar-refractivity contribution in [3.8, 4) is 11.5 Å². The third-order valence-corrected chi connectivity index (χ3v) is 7.48. The fourth-order valence-electron chi connectivity index (χ4n) is 3.12. The molecule has 0 radical (unpaired) electrons. The molecular weight excluding hydrogens is 812 g/mol. The van der Waals surface area contributed by atoms with E-state index < -0.39 is 24.5 Å². The Balaban J connectivity index is 2.02. The number of ketones is 1. The second kappa shape index (κ2) is 17.3. The number of rotatable bonds is 16. The van der Waals surface area contributed by atoms with Gasteiger partial charge in [-0.1, -0.05) is 13.2 Å². The second-order valence-corrected chi connectivity index (χ2v) is 12.2. The lowest BCUT2D eigenvalue weighted by Crippen LogP contribution is -2.21. The van der Waals surface area contributed by atoms with Crippen LogP contribution in [-0.2, 0) is 28.5 Å². The lowest BCUT2D eigenvalue weighted by atomic mass is 10.0. The van der Waals surface area contributed by atoms with E-state index in [2.05, 4.69) is 76.9 Å². The third kappa shape index (κ3) is 11.2. The Morgan fingerprint density at radius 2 is 0.952 bits per heavy atom. The molecule has 0 amide bonds. The quantitative estimate of drug-likeness (QED) is 0.0553. The highest BCUT2D eigenvalue weighted by Crippen LogP contribution is 2.39. The highest BCUT2D eigenvalue weighted by Gasteiger charge is 2.20. The van der Waals surface area contributed by atoms with Crippen molar-refractivity contribution >= 4 is 81.4 Å². The minimum atomic E-state index is -0.667. The Hall–Kier alpha value is -2.03. The number of carbonyl (C=O) groups excluding carboxylic acids is 3. The predicted molar refractivity (Wildman–Crippen MR) is 171 cm³/mol. The van der Waals surface area contributed by atoms with E-state index in [1.165, 1.54) is 0 Å². The van der Waals surface area contributed by atoms with Crippen LogP contribution in [0.4, 0.5) is 0 Å². The van der Waals surface area contributed by atoms with Gasteiger partial charge in [-0.15, -0.1) is 0 Å². The highest BCUT2D eigenvalue weighted by atomic mass is 79.9. The number of hydrogen-bond donors (Lipinski definition) is 0. The maximum atomic E-state index is 13.4. The van der Waals surface area contributed by atoms with Crippen molar-refractivity contribution in [1.82, 2.24) is 0 Å². The summed E-state index contributed by atoms with van der Waals surface area (Å²) in [6.45, 7) is 13.9. The molecule has 0 aliphatic carbocycles. The summed E-state index contributed by atoms with van der Waals surface area (Å²) in [5.41, 5.74) is 1.41. The average molecular weight is 842 g/mol. The van der Waals surface area contributed by atoms with Crippen LogP contribution in [-0.4, -0.2) is 56.7 Å². The molecule has 2 atom stereocenters. The molecule has 2 unspecified atom stereocenters. The highest BCUT2D eigenvalue weighted by molar-refractivity contribution is 9.11. The van der Waals surface area contributed by atoms with Gasteiger partial charge in [-0.2, -0.15) is 0 Å². The minimum Gasteiger partial charge on any atom is -0.463 e. The van der Waals surface area contributed by atoms with Gasteiger partial charge >= 0.3 is 11.9 Å². The smallest absolute Gasteiger partial charge is 0.333 e. The Bertz CT molecular complexity index is 1200. The van der Waals surface area contributed by atoms with E-state index in [4.69, 9.17) is 28.4 Å². The van der Waals surface area contributed by atoms with E-state index in [1.807, 2.05) is 0 Å². The molecule has 0 heterocycles. The molecule has 0 saturated carbocycles. The van der Waals surface area contributed by atoms with Crippen molar-refractivity contribution in [2.45, 2.75) is 40.3 Å². The Morgan fingerprint density at radius 3 is 1.24 bits per heavy atom. The molecule has 0 bridgehead atoms. The molecule has 0 saturated heterocycles. The van der Waals surface area contributed by atoms with Crippen LogP contribution in [0.15, 0.2) is 66.5 Å². The fraction of sp³-hybridized carbons (Fsp3) is 0.345. The number of hydrogen-bond acceptors (Lipinski definition) is 9. The number of esters is 2. The molecule has 42 heavy (non-hydrogen) atoms. The Labute approximate surface area is 278 Å². The van der Waals surface area contributed by atoms with Crippen molar-refractivity contribution in [3.05, 3.63) is 77.6 Å². The number of halogens is 4. The Morgan fingerprint density at radius 1 is 0.643 bits per heavy atom. The standard InChI is InChI=1S/C29H30Br4O9/c1-15(2)28(35)39-9-7-37-17(5)41-26-21(30)11-19(12-22(26)31)25(34)20-13-23(32)27(24(33)14-20)42-18(6)38-8-10-40-29(36)16(3)4/h11-14,17-18H,1,3,7-10H2,2,4-6H3. The van der Waals surface area contributed by atoms with Gasteiger partial charge in [0.2, 0.25) is 0 Å². The number of benzene rings is 2. The zero-order chi connectivity index (χ0) is 31.6. The lowest BCUT2D eigenvalue weighted by molar-refractivity contribution is -0.144. The van der Waals surface area contributed by atoms with E-state index >= 15 is 0 Å². The largest absolute Gasteiger partial charge is 0.463 e. The fourth-order valence-corrected chi connectivity index (χ4v) is 5.86. The molecule has 2 rings (SSSR count). The third-order valence-electron chi connectivity index (χ3n) is 5.12. The zero-order valence-corrected chi connectivity index (χ0v) is 29.7. The normalized spacial score (nSPS) is 12.2. The topological polar surface area (TPSA) is 107 Å². The maximum Gasteiger partial charge on any atom is 0.333 e. The molecule has 0 fully saturated rings. The average Bonchev–Trinajstić information content (AvgIpc) is 2.91. The summed E-state index contributed by atoms with van der Waals surface area (Å²) in [6, 6.07) is 6.58. The van der Waals surface area contributed by atoms with E-state index in [-0.39, 0.29) is 32.2 Å². The maximum absolute atomic E-state index is 13.4. The molecule has 2 aromatic rings. The molecule has 0 aliphatic heterocycles. The minimum absolute atomic E-state index is 0.0586. The molecule has 228 valence electrons. The van der Waals surface area contributed by atoms with Crippen LogP contribution < -0.4 is 9.47 Å². The second-order valence-electron chi connectivity index (χ2n) is 8.81.